The summed E-state index contributed by atoms with van der Waals surface area (Å²) in [5, 5.41) is 0. The molecule has 0 heterocycles. The van der Waals surface area contributed by atoms with Crippen molar-refractivity contribution in [2.75, 3.05) is 0 Å². The molecule has 1 rings (SSSR count). The molecule has 0 amide bonds. The molecule has 6 heteroatoms. The summed E-state index contributed by atoms with van der Waals surface area (Å²) in [5.74, 6) is 0. The molecule has 1 aliphatic carbocycles. The Labute approximate surface area is 183 Å². The van der Waals surface area contributed by atoms with Crippen LogP contribution >= 0.6 is 0 Å². The van der Waals surface area contributed by atoms with E-state index in [9.17, 15) is 9.59 Å². The maximum atomic E-state index is 12.2. The Kier molecular flexibility index (Phi) is 8.66. The molecule has 0 aromatic carbocycles. The fraction of sp³-hybridized carbons (Fsp3) is 0.917. The Morgan fingerprint density at radius 2 is 0.867 bits per heavy atom. The van der Waals surface area contributed by atoms with Gasteiger partial charge in [0.2, 0.25) is 0 Å². The van der Waals surface area contributed by atoms with Crippen LogP contribution in [0, 0.1) is 10.8 Å². The zero-order chi connectivity index (χ0) is 23.4. The number of carbonyl (C=O) groups is 2. The number of hydrogen-bond acceptors (Lipinski definition) is 6. The molecule has 0 aromatic heterocycles. The Hall–Kier alpha value is -1.46. The molecule has 30 heavy (non-hydrogen) atoms. The van der Waals surface area contributed by atoms with Crippen LogP contribution in [0.5, 0.6) is 0 Å². The van der Waals surface area contributed by atoms with Crippen molar-refractivity contribution < 1.29 is 28.5 Å². The van der Waals surface area contributed by atoms with E-state index < -0.39 is 23.5 Å². The average molecular weight is 429 g/mol. The van der Waals surface area contributed by atoms with E-state index in [4.69, 9.17) is 18.9 Å². The lowest BCUT2D eigenvalue weighted by molar-refractivity contribution is -0.0747. The molecule has 1 aliphatic rings. The molecule has 0 spiro atoms. The summed E-state index contributed by atoms with van der Waals surface area (Å²) < 4.78 is 22.1. The zero-order valence-electron chi connectivity index (χ0n) is 20.8. The minimum atomic E-state index is -0.628. The highest BCUT2D eigenvalue weighted by Crippen LogP contribution is 2.32. The number of carbonyl (C=O) groups excluding carboxylic acids is 2. The second-order valence-corrected chi connectivity index (χ2v) is 12.3. The van der Waals surface area contributed by atoms with Crippen molar-refractivity contribution in [3.8, 4) is 0 Å². The lowest BCUT2D eigenvalue weighted by Gasteiger charge is -2.34. The molecular weight excluding hydrogens is 384 g/mol. The van der Waals surface area contributed by atoms with Crippen LogP contribution in [0.3, 0.4) is 0 Å². The minimum Gasteiger partial charge on any atom is -0.431 e. The topological polar surface area (TPSA) is 71.1 Å². The summed E-state index contributed by atoms with van der Waals surface area (Å²) in [7, 11) is 0. The molecule has 0 atom stereocenters. The maximum absolute atomic E-state index is 12.2. The predicted octanol–water partition coefficient (Wildman–Crippen LogP) is 7.03. The molecule has 0 radical (unpaired) electrons. The lowest BCUT2D eigenvalue weighted by Crippen LogP contribution is -2.37. The van der Waals surface area contributed by atoms with Crippen molar-refractivity contribution in [3.05, 3.63) is 0 Å². The first kappa shape index (κ1) is 26.6. The third-order valence-corrected chi connectivity index (χ3v) is 4.78. The SMILES string of the molecule is CC(C)(C)CC(C)(C)OC(=O)OC1CCC(OC(=O)OC(C)(C)CC(C)(C)C)CC1. The highest BCUT2D eigenvalue weighted by Gasteiger charge is 2.34. The molecule has 0 bridgehead atoms. The Bertz CT molecular complexity index is 519. The van der Waals surface area contributed by atoms with Crippen molar-refractivity contribution in [1.82, 2.24) is 0 Å². The fourth-order valence-electron chi connectivity index (χ4n) is 4.67. The van der Waals surface area contributed by atoms with Crippen LogP contribution in [0.1, 0.15) is 108 Å². The zero-order valence-corrected chi connectivity index (χ0v) is 20.8. The highest BCUT2D eigenvalue weighted by molar-refractivity contribution is 5.61. The molecule has 0 saturated heterocycles. The monoisotopic (exact) mass is 428 g/mol. The lowest BCUT2D eigenvalue weighted by atomic mass is 9.84. The van der Waals surface area contributed by atoms with Crippen LogP contribution in [-0.4, -0.2) is 35.7 Å². The van der Waals surface area contributed by atoms with Gasteiger partial charge >= 0.3 is 12.3 Å². The smallest absolute Gasteiger partial charge is 0.431 e. The minimum absolute atomic E-state index is 0.0508. The molecule has 1 saturated carbocycles. The van der Waals surface area contributed by atoms with Gasteiger partial charge in [0.1, 0.15) is 23.4 Å². The Balaban J connectivity index is 2.39. The van der Waals surface area contributed by atoms with Gasteiger partial charge in [-0.3, -0.25) is 0 Å². The van der Waals surface area contributed by atoms with E-state index in [1.165, 1.54) is 0 Å². The van der Waals surface area contributed by atoms with Gasteiger partial charge in [-0.1, -0.05) is 41.5 Å². The fourth-order valence-corrected chi connectivity index (χ4v) is 4.67. The van der Waals surface area contributed by atoms with E-state index in [0.29, 0.717) is 25.7 Å². The standard InChI is InChI=1S/C24H44O6/c1-21(2,3)15-23(7,8)29-19(25)27-17-11-13-18(14-12-17)28-20(26)30-24(9,10)16-22(4,5)6/h17-18H,11-16H2,1-10H3. The highest BCUT2D eigenvalue weighted by atomic mass is 16.7. The predicted molar refractivity (Wildman–Crippen MR) is 117 cm³/mol. The number of rotatable bonds is 6. The van der Waals surface area contributed by atoms with Crippen molar-refractivity contribution in [2.45, 2.75) is 131 Å². The number of ether oxygens (including phenoxy) is 4. The van der Waals surface area contributed by atoms with E-state index in [1.54, 1.807) is 0 Å². The van der Waals surface area contributed by atoms with E-state index in [0.717, 1.165) is 12.8 Å². The molecule has 0 aliphatic heterocycles. The van der Waals surface area contributed by atoms with Gasteiger partial charge in [-0.15, -0.1) is 0 Å². The molecule has 0 aromatic rings. The third kappa shape index (κ3) is 11.7. The van der Waals surface area contributed by atoms with Crippen LogP contribution in [-0.2, 0) is 18.9 Å². The summed E-state index contributed by atoms with van der Waals surface area (Å²) >= 11 is 0. The van der Waals surface area contributed by atoms with Gasteiger partial charge in [0.05, 0.1) is 0 Å². The van der Waals surface area contributed by atoms with Gasteiger partial charge in [-0.05, 0) is 77.0 Å². The maximum Gasteiger partial charge on any atom is 0.509 e. The van der Waals surface area contributed by atoms with Gasteiger partial charge in [-0.25, -0.2) is 9.59 Å². The first-order valence-electron chi connectivity index (χ1n) is 11.2. The van der Waals surface area contributed by atoms with Gasteiger partial charge < -0.3 is 18.9 Å². The van der Waals surface area contributed by atoms with E-state index in [1.807, 2.05) is 27.7 Å². The third-order valence-electron chi connectivity index (χ3n) is 4.78. The van der Waals surface area contributed by atoms with Gasteiger partial charge in [0.15, 0.2) is 0 Å². The first-order chi connectivity index (χ1) is 13.4. The van der Waals surface area contributed by atoms with Gasteiger partial charge in [-0.2, -0.15) is 0 Å². The van der Waals surface area contributed by atoms with Crippen LogP contribution in [0.25, 0.3) is 0 Å². The summed E-state index contributed by atoms with van der Waals surface area (Å²) in [6.07, 6.45) is 2.35. The average Bonchev–Trinajstić information content (AvgIpc) is 2.42. The van der Waals surface area contributed by atoms with Crippen molar-refractivity contribution in [2.24, 2.45) is 10.8 Å². The molecule has 176 valence electrons. The molecule has 0 unspecified atom stereocenters. The molecule has 0 N–H and O–H groups in total. The van der Waals surface area contributed by atoms with E-state index in [-0.39, 0.29) is 23.0 Å². The largest absolute Gasteiger partial charge is 0.509 e. The normalized spacial score (nSPS) is 21.0. The Morgan fingerprint density at radius 1 is 0.600 bits per heavy atom. The first-order valence-corrected chi connectivity index (χ1v) is 11.2. The summed E-state index contributed by atoms with van der Waals surface area (Å²) in [4.78, 5) is 24.4. The summed E-state index contributed by atoms with van der Waals surface area (Å²) in [5.41, 5.74) is -1.07. The van der Waals surface area contributed by atoms with E-state index >= 15 is 0 Å². The van der Waals surface area contributed by atoms with Gasteiger partial charge in [0, 0.05) is 0 Å². The van der Waals surface area contributed by atoms with Crippen molar-refractivity contribution >= 4 is 12.3 Å². The second kappa shape index (κ2) is 9.78. The Morgan fingerprint density at radius 3 is 1.10 bits per heavy atom. The van der Waals surface area contributed by atoms with Crippen LogP contribution in [0.4, 0.5) is 9.59 Å². The van der Waals surface area contributed by atoms with Crippen LogP contribution in [0.2, 0.25) is 0 Å². The molecular formula is C24H44O6. The van der Waals surface area contributed by atoms with E-state index in [2.05, 4.69) is 41.5 Å². The van der Waals surface area contributed by atoms with Crippen LogP contribution in [0.15, 0.2) is 0 Å². The van der Waals surface area contributed by atoms with Crippen molar-refractivity contribution in [1.29, 1.82) is 0 Å². The van der Waals surface area contributed by atoms with Crippen molar-refractivity contribution in [3.63, 3.8) is 0 Å². The molecule has 1 fully saturated rings. The molecule has 6 nitrogen and oxygen atoms in total. The van der Waals surface area contributed by atoms with Gasteiger partial charge in [0.25, 0.3) is 0 Å². The number of hydrogen-bond donors (Lipinski definition) is 0. The quantitative estimate of drug-likeness (QED) is 0.423. The second-order valence-electron chi connectivity index (χ2n) is 12.3. The van der Waals surface area contributed by atoms with Crippen LogP contribution < -0.4 is 0 Å². The summed E-state index contributed by atoms with van der Waals surface area (Å²) in [6, 6.07) is 0. The summed E-state index contributed by atoms with van der Waals surface area (Å²) in [6.45, 7) is 20.3.